The maximum atomic E-state index is 15.6. The van der Waals surface area contributed by atoms with Gasteiger partial charge in [0.15, 0.2) is 0 Å². The lowest BCUT2D eigenvalue weighted by molar-refractivity contribution is 0.0686. The van der Waals surface area contributed by atoms with Crippen LogP contribution >= 0.6 is 0 Å². The highest BCUT2D eigenvalue weighted by Crippen LogP contribution is 2.33. The molecule has 0 atom stereocenters. The zero-order valence-electron chi connectivity index (χ0n) is 55.6. The van der Waals surface area contributed by atoms with Crippen LogP contribution in [0.4, 0.5) is 38.0 Å². The van der Waals surface area contributed by atoms with E-state index in [1.54, 1.807) is 82.2 Å². The molecule has 18 nitrogen and oxygen atoms in total. The summed E-state index contributed by atoms with van der Waals surface area (Å²) in [5.41, 5.74) is 6.22. The second-order valence-corrected chi connectivity index (χ2v) is 24.7. The number of hydrogen-bond donors (Lipinski definition) is 2. The van der Waals surface area contributed by atoms with Crippen LogP contribution in [0.15, 0.2) is 170 Å². The lowest BCUT2D eigenvalue weighted by Gasteiger charge is -2.16. The van der Waals surface area contributed by atoms with Crippen molar-refractivity contribution in [2.45, 2.75) is 64.8 Å². The van der Waals surface area contributed by atoms with Gasteiger partial charge in [-0.3, -0.25) is 0 Å². The normalized spacial score (nSPS) is 12.9. The van der Waals surface area contributed by atoms with E-state index in [4.69, 9.17) is 18.9 Å². The van der Waals surface area contributed by atoms with Gasteiger partial charge in [-0.05, 0) is 157 Å². The number of nitrogens with zero attached hydrogens (tertiary/aromatic N) is 10. The van der Waals surface area contributed by atoms with Gasteiger partial charge in [-0.2, -0.15) is 0 Å². The summed E-state index contributed by atoms with van der Waals surface area (Å²) in [6, 6.07) is 40.4. The molecule has 6 aromatic heterocycles. The molecule has 520 valence electrons. The van der Waals surface area contributed by atoms with Gasteiger partial charge in [0.1, 0.15) is 71.4 Å². The molecule has 2 fully saturated rings. The number of aromatic carboxylic acids is 2. The van der Waals surface area contributed by atoms with Gasteiger partial charge in [0.05, 0.1) is 57.8 Å². The van der Waals surface area contributed by atoms with Crippen LogP contribution in [0.2, 0.25) is 0 Å². The lowest BCUT2D eigenvalue weighted by Crippen LogP contribution is -2.18. The Balaban J connectivity index is 0.000000182. The van der Waals surface area contributed by atoms with Crippen LogP contribution < -0.4 is 19.3 Å². The van der Waals surface area contributed by atoms with E-state index < -0.39 is 46.8 Å². The SMILES string of the molecule is COCCn1c(Cc2cc(F)c(-c3cccc(OCc4ccc(-c5ccc(N6CCCC6)nc5)cc4F)n3)cc2F)nc2ccc(C(=O)O)cc21.COCCn1c(Cc2cc(F)c(-c3cccc(OCc4ccc(-c5ccc(N6CCCC6)nc5)cc4F)n3)cc2F)nc2ccc(C(=O)O)cc21. The van der Waals surface area contributed by atoms with Crippen molar-refractivity contribution in [2.24, 2.45) is 0 Å². The number of carboxylic acid groups (broad SMARTS) is 2. The summed E-state index contributed by atoms with van der Waals surface area (Å²) in [5.74, 6) is -2.87. The molecular formula is C78H68F6N10O8. The van der Waals surface area contributed by atoms with Crippen molar-refractivity contribution in [1.82, 2.24) is 39.0 Å². The van der Waals surface area contributed by atoms with Crippen molar-refractivity contribution >= 4 is 45.6 Å². The van der Waals surface area contributed by atoms with E-state index in [1.807, 2.05) is 24.3 Å². The average molecular weight is 1390 g/mol. The second kappa shape index (κ2) is 30.9. The molecule has 0 unspecified atom stereocenters. The van der Waals surface area contributed by atoms with Gasteiger partial charge in [-0.15, -0.1) is 0 Å². The Labute approximate surface area is 582 Å². The van der Waals surface area contributed by atoms with Gasteiger partial charge in [0.2, 0.25) is 11.8 Å². The molecule has 0 bridgehead atoms. The summed E-state index contributed by atoms with van der Waals surface area (Å²) in [7, 11) is 3.07. The summed E-state index contributed by atoms with van der Waals surface area (Å²) in [5, 5.41) is 18.9. The first-order chi connectivity index (χ1) is 49.5. The molecule has 0 amide bonds. The van der Waals surface area contributed by atoms with Gasteiger partial charge in [-0.25, -0.2) is 65.8 Å². The van der Waals surface area contributed by atoms with Crippen molar-refractivity contribution in [2.75, 3.05) is 63.4 Å². The number of anilines is 2. The first kappa shape index (κ1) is 69.0. The minimum absolute atomic E-state index is 0.0504. The predicted molar refractivity (Wildman–Crippen MR) is 373 cm³/mol. The van der Waals surface area contributed by atoms with E-state index in [1.165, 1.54) is 62.8 Å². The van der Waals surface area contributed by atoms with E-state index in [2.05, 4.69) is 39.7 Å². The molecule has 2 N–H and O–H groups in total. The number of halogens is 6. The topological polar surface area (TPSA) is 205 Å². The van der Waals surface area contributed by atoms with Crippen molar-refractivity contribution in [3.05, 3.63) is 250 Å². The highest BCUT2D eigenvalue weighted by Gasteiger charge is 2.23. The molecule has 0 radical (unpaired) electrons. The zero-order chi connectivity index (χ0) is 71.0. The molecule has 2 aliphatic heterocycles. The third-order valence-corrected chi connectivity index (χ3v) is 18.0. The van der Waals surface area contributed by atoms with Crippen LogP contribution in [-0.2, 0) is 48.6 Å². The van der Waals surface area contributed by atoms with E-state index >= 15 is 26.3 Å². The molecule has 8 heterocycles. The van der Waals surface area contributed by atoms with Crippen LogP contribution in [0.5, 0.6) is 11.8 Å². The van der Waals surface area contributed by atoms with Crippen molar-refractivity contribution in [3.8, 4) is 56.5 Å². The third-order valence-electron chi connectivity index (χ3n) is 18.0. The van der Waals surface area contributed by atoms with Crippen molar-refractivity contribution in [3.63, 3.8) is 0 Å². The van der Waals surface area contributed by atoms with Crippen molar-refractivity contribution in [1.29, 1.82) is 0 Å². The van der Waals surface area contributed by atoms with E-state index in [-0.39, 0.29) is 82.6 Å². The largest absolute Gasteiger partial charge is 0.478 e. The molecule has 14 rings (SSSR count). The number of pyridine rings is 4. The molecular weight excluding hydrogens is 1320 g/mol. The highest BCUT2D eigenvalue weighted by atomic mass is 19.1. The van der Waals surface area contributed by atoms with Gasteiger partial charge in [0, 0.05) is 124 Å². The van der Waals surface area contributed by atoms with E-state index in [9.17, 15) is 19.8 Å². The monoisotopic (exact) mass is 1390 g/mol. The molecule has 12 aromatic rings. The molecule has 0 saturated carbocycles. The van der Waals surface area contributed by atoms with Gasteiger partial charge < -0.3 is 48.1 Å². The quantitative estimate of drug-likeness (QED) is 0.0540. The molecule has 0 spiro atoms. The number of carboxylic acids is 2. The predicted octanol–water partition coefficient (Wildman–Crippen LogP) is 15.4. The summed E-state index contributed by atoms with van der Waals surface area (Å²) in [6.07, 6.45) is 8.03. The number of aromatic nitrogens is 8. The Hall–Kier alpha value is -11.5. The maximum Gasteiger partial charge on any atom is 0.335 e. The smallest absolute Gasteiger partial charge is 0.335 e. The Kier molecular flexibility index (Phi) is 20.9. The summed E-state index contributed by atoms with van der Waals surface area (Å²) in [4.78, 5) is 54.6. The fourth-order valence-corrected chi connectivity index (χ4v) is 12.6. The minimum Gasteiger partial charge on any atom is -0.478 e. The zero-order valence-corrected chi connectivity index (χ0v) is 55.6. The second-order valence-electron chi connectivity index (χ2n) is 24.7. The van der Waals surface area contributed by atoms with Crippen molar-refractivity contribution < 1.29 is 65.1 Å². The average Bonchev–Trinajstić information content (AvgIpc) is 1.57. The summed E-state index contributed by atoms with van der Waals surface area (Å²) >= 11 is 0. The highest BCUT2D eigenvalue weighted by molar-refractivity contribution is 5.93. The Morgan fingerprint density at radius 3 is 1.21 bits per heavy atom. The lowest BCUT2D eigenvalue weighted by atomic mass is 10.0. The summed E-state index contributed by atoms with van der Waals surface area (Å²) < 4.78 is 118. The number of methoxy groups -OCH3 is 2. The van der Waals surface area contributed by atoms with Gasteiger partial charge in [0.25, 0.3) is 0 Å². The first-order valence-electron chi connectivity index (χ1n) is 33.1. The van der Waals surface area contributed by atoms with Crippen LogP contribution in [0, 0.1) is 34.9 Å². The number of hydrogen-bond acceptors (Lipinski definition) is 14. The van der Waals surface area contributed by atoms with Crippen LogP contribution in [0.1, 0.15) is 80.3 Å². The standard InChI is InChI=1S/2C39H34F3N5O4/c2*1-50-16-15-47-35-19-25(39(48)49)9-11-34(35)44-37(47)20-28-18-32(42)29(21-31(28)41)33-5-4-6-38(45-33)51-23-27-8-7-24(17-30(27)40)26-10-12-36(43-22-26)46-13-2-3-14-46/h2*4-12,17-19,21-22H,2-3,13-16,20,23H2,1H3,(H,48,49). The van der Waals surface area contributed by atoms with E-state index in [0.717, 1.165) is 98.9 Å². The van der Waals surface area contributed by atoms with Crippen LogP contribution in [-0.4, -0.2) is 115 Å². The molecule has 2 aliphatic rings. The summed E-state index contributed by atoms with van der Waals surface area (Å²) in [6.45, 7) is 5.01. The van der Waals surface area contributed by atoms with Crippen LogP contribution in [0.3, 0.4) is 0 Å². The maximum absolute atomic E-state index is 15.6. The Morgan fingerprint density at radius 2 is 0.833 bits per heavy atom. The first-order valence-corrected chi connectivity index (χ1v) is 33.1. The molecule has 0 aliphatic carbocycles. The number of carbonyl (C=O) groups is 2. The third kappa shape index (κ3) is 15.6. The Morgan fingerprint density at radius 1 is 0.431 bits per heavy atom. The molecule has 2 saturated heterocycles. The molecule has 24 heteroatoms. The Bertz CT molecular complexity index is 4750. The molecule has 102 heavy (non-hydrogen) atoms. The number of fused-ring (bicyclic) bond motifs is 2. The number of ether oxygens (including phenoxy) is 4. The van der Waals surface area contributed by atoms with Crippen LogP contribution in [0.25, 0.3) is 66.8 Å². The molecule has 6 aromatic carbocycles. The number of imidazole rings is 2. The minimum atomic E-state index is -1.08. The fourth-order valence-electron chi connectivity index (χ4n) is 12.6. The number of benzene rings is 6. The van der Waals surface area contributed by atoms with E-state index in [0.29, 0.717) is 82.3 Å². The number of rotatable bonds is 24. The van der Waals surface area contributed by atoms with Gasteiger partial charge >= 0.3 is 11.9 Å². The fraction of sp³-hybridized carbons (Fsp3) is 0.231. The van der Waals surface area contributed by atoms with Gasteiger partial charge in [-0.1, -0.05) is 36.4 Å².